The lowest BCUT2D eigenvalue weighted by atomic mass is 10.0. The van der Waals surface area contributed by atoms with Crippen LogP contribution in [0.4, 0.5) is 15.3 Å². The third kappa shape index (κ3) is 11.2. The van der Waals surface area contributed by atoms with E-state index in [1.54, 1.807) is 53.7 Å². The predicted molar refractivity (Wildman–Crippen MR) is 163 cm³/mol. The van der Waals surface area contributed by atoms with E-state index in [4.69, 9.17) is 25.8 Å². The molecule has 0 saturated heterocycles. The molecule has 0 aromatic heterocycles. The van der Waals surface area contributed by atoms with Crippen molar-refractivity contribution in [1.82, 2.24) is 10.6 Å². The van der Waals surface area contributed by atoms with Crippen molar-refractivity contribution in [3.8, 4) is 5.75 Å². The van der Waals surface area contributed by atoms with Crippen molar-refractivity contribution in [2.24, 2.45) is 4.99 Å². The number of carbonyl (C=O) groups is 3. The van der Waals surface area contributed by atoms with Gasteiger partial charge in [0.1, 0.15) is 17.0 Å². The average Bonchev–Trinajstić information content (AvgIpc) is 2.87. The van der Waals surface area contributed by atoms with E-state index < -0.39 is 29.4 Å². The third-order valence-corrected chi connectivity index (χ3v) is 5.70. The van der Waals surface area contributed by atoms with Crippen LogP contribution in [0.5, 0.6) is 5.75 Å². The van der Waals surface area contributed by atoms with Gasteiger partial charge in [-0.1, -0.05) is 48.0 Å². The summed E-state index contributed by atoms with van der Waals surface area (Å²) >= 11 is 6.45. The summed E-state index contributed by atoms with van der Waals surface area (Å²) in [5.74, 6) is -0.477. The first-order valence-corrected chi connectivity index (χ1v) is 13.8. The maximum atomic E-state index is 12.8. The number of hydrogen-bond donors (Lipinski definition) is 2. The fourth-order valence-electron chi connectivity index (χ4n) is 3.57. The Morgan fingerprint density at radius 2 is 1.33 bits per heavy atom. The van der Waals surface area contributed by atoms with Crippen LogP contribution >= 0.6 is 11.6 Å². The van der Waals surface area contributed by atoms with Crippen LogP contribution in [0, 0.1) is 0 Å². The minimum atomic E-state index is -0.817. The standard InChI is InChI=1S/C32H36ClN3O6/c1-31(2,3)41-29(38)35-28(36-30(39)42-32(4,5)6)34-24-17-14-23(15-18-24)27(37)40-25-19-16-22(26(33)20-25)13-12-21-10-8-7-9-11-21/h7-11,14-20H,12-13H2,1-6H3,(H2,34,35,36,38,39). The highest BCUT2D eigenvalue weighted by molar-refractivity contribution is 6.31. The van der Waals surface area contributed by atoms with Gasteiger partial charge in [0.2, 0.25) is 5.96 Å². The van der Waals surface area contributed by atoms with Crippen molar-refractivity contribution in [2.75, 3.05) is 0 Å². The Balaban J connectivity index is 1.68. The van der Waals surface area contributed by atoms with Gasteiger partial charge in [0, 0.05) is 5.02 Å². The zero-order chi connectivity index (χ0) is 30.9. The number of halogens is 1. The molecule has 0 unspecified atom stereocenters. The van der Waals surface area contributed by atoms with Gasteiger partial charge in [-0.2, -0.15) is 0 Å². The van der Waals surface area contributed by atoms with Gasteiger partial charge in [-0.05, 0) is 102 Å². The second-order valence-corrected chi connectivity index (χ2v) is 11.8. The number of alkyl carbamates (subject to hydrolysis) is 2. The number of ether oxygens (including phenoxy) is 3. The molecule has 0 atom stereocenters. The summed E-state index contributed by atoms with van der Waals surface area (Å²) in [5.41, 5.74) is 1.23. The Morgan fingerprint density at radius 1 is 0.762 bits per heavy atom. The number of amides is 2. The van der Waals surface area contributed by atoms with E-state index in [0.717, 1.165) is 18.4 Å². The van der Waals surface area contributed by atoms with Gasteiger partial charge in [-0.15, -0.1) is 0 Å². The highest BCUT2D eigenvalue weighted by atomic mass is 35.5. The Bertz CT molecular complexity index is 1390. The van der Waals surface area contributed by atoms with Crippen molar-refractivity contribution in [3.05, 3.63) is 94.5 Å². The summed E-state index contributed by atoms with van der Waals surface area (Å²) in [4.78, 5) is 41.7. The van der Waals surface area contributed by atoms with Crippen LogP contribution in [-0.2, 0) is 22.3 Å². The van der Waals surface area contributed by atoms with E-state index in [1.807, 2.05) is 24.3 Å². The normalized spacial score (nSPS) is 11.2. The first-order valence-electron chi connectivity index (χ1n) is 13.4. The molecule has 0 spiro atoms. The molecule has 0 aliphatic carbocycles. The summed E-state index contributed by atoms with van der Waals surface area (Å²) in [7, 11) is 0. The summed E-state index contributed by atoms with van der Waals surface area (Å²) in [6.45, 7) is 10.2. The maximum absolute atomic E-state index is 12.8. The number of rotatable bonds is 6. The number of aryl methyl sites for hydroxylation is 2. The Morgan fingerprint density at radius 3 is 1.86 bits per heavy atom. The Hall–Kier alpha value is -4.37. The van der Waals surface area contributed by atoms with Crippen LogP contribution in [0.2, 0.25) is 5.02 Å². The van der Waals surface area contributed by atoms with Crippen LogP contribution in [-0.4, -0.2) is 35.3 Å². The first-order chi connectivity index (χ1) is 19.7. The minimum Gasteiger partial charge on any atom is -0.444 e. The Kier molecular flexibility index (Phi) is 10.7. The van der Waals surface area contributed by atoms with E-state index in [0.29, 0.717) is 16.5 Å². The zero-order valence-corrected chi connectivity index (χ0v) is 25.4. The van der Waals surface area contributed by atoms with E-state index in [1.165, 1.54) is 29.8 Å². The van der Waals surface area contributed by atoms with Crippen LogP contribution in [0.3, 0.4) is 0 Å². The number of aliphatic imine (C=N–C) groups is 1. The number of guanidine groups is 1. The van der Waals surface area contributed by atoms with Crippen LogP contribution in [0.25, 0.3) is 0 Å². The van der Waals surface area contributed by atoms with Crippen LogP contribution in [0.1, 0.15) is 63.0 Å². The van der Waals surface area contributed by atoms with Gasteiger partial charge in [-0.3, -0.25) is 10.6 Å². The van der Waals surface area contributed by atoms with Crippen LogP contribution < -0.4 is 15.4 Å². The monoisotopic (exact) mass is 593 g/mol. The average molecular weight is 594 g/mol. The molecule has 9 nitrogen and oxygen atoms in total. The van der Waals surface area contributed by atoms with Crippen LogP contribution in [0.15, 0.2) is 77.8 Å². The second-order valence-electron chi connectivity index (χ2n) is 11.4. The summed E-state index contributed by atoms with van der Waals surface area (Å²) in [6.07, 6.45) is -0.0341. The molecule has 3 rings (SSSR count). The molecule has 0 bridgehead atoms. The smallest absolute Gasteiger partial charge is 0.414 e. The molecule has 0 heterocycles. The molecule has 0 aliphatic rings. The van der Waals surface area contributed by atoms with E-state index in [2.05, 4.69) is 27.8 Å². The summed E-state index contributed by atoms with van der Waals surface area (Å²) in [5, 5.41) is 5.34. The molecule has 2 N–H and O–H groups in total. The number of carbonyl (C=O) groups excluding carboxylic acids is 3. The molecule has 0 aliphatic heterocycles. The number of benzene rings is 3. The molecular formula is C32H36ClN3O6. The Labute approximate surface area is 251 Å². The minimum absolute atomic E-state index is 0.212. The summed E-state index contributed by atoms with van der Waals surface area (Å²) in [6, 6.07) is 21.4. The van der Waals surface area contributed by atoms with Crippen molar-refractivity contribution < 1.29 is 28.6 Å². The van der Waals surface area contributed by atoms with E-state index >= 15 is 0 Å². The fourth-order valence-corrected chi connectivity index (χ4v) is 3.84. The molecule has 2 amide bonds. The van der Waals surface area contributed by atoms with Crippen molar-refractivity contribution in [1.29, 1.82) is 0 Å². The third-order valence-electron chi connectivity index (χ3n) is 5.34. The molecule has 3 aromatic rings. The molecule has 42 heavy (non-hydrogen) atoms. The topological polar surface area (TPSA) is 115 Å². The first kappa shape index (κ1) is 32.1. The molecule has 222 valence electrons. The molecule has 0 fully saturated rings. The lowest BCUT2D eigenvalue weighted by molar-refractivity contribution is 0.0544. The van der Waals surface area contributed by atoms with Crippen molar-refractivity contribution in [3.63, 3.8) is 0 Å². The lowest BCUT2D eigenvalue weighted by Gasteiger charge is -2.22. The van der Waals surface area contributed by atoms with Gasteiger partial charge in [-0.25, -0.2) is 19.4 Å². The highest BCUT2D eigenvalue weighted by Crippen LogP contribution is 2.25. The van der Waals surface area contributed by atoms with Gasteiger partial charge in [0.25, 0.3) is 0 Å². The largest absolute Gasteiger partial charge is 0.444 e. The lowest BCUT2D eigenvalue weighted by Crippen LogP contribution is -2.47. The second kappa shape index (κ2) is 14.0. The number of esters is 1. The molecule has 0 saturated carbocycles. The van der Waals surface area contributed by atoms with E-state index in [9.17, 15) is 14.4 Å². The number of nitrogens with one attached hydrogen (secondary N) is 2. The van der Waals surface area contributed by atoms with E-state index in [-0.39, 0.29) is 11.5 Å². The highest BCUT2D eigenvalue weighted by Gasteiger charge is 2.21. The van der Waals surface area contributed by atoms with Gasteiger partial charge in [0.15, 0.2) is 0 Å². The quantitative estimate of drug-likeness (QED) is 0.133. The van der Waals surface area contributed by atoms with Gasteiger partial charge in [0.05, 0.1) is 11.3 Å². The SMILES string of the molecule is CC(C)(C)OC(=O)NC(=Nc1ccc(C(=O)Oc2ccc(CCc3ccccc3)c(Cl)c2)cc1)NC(=O)OC(C)(C)C. The number of hydrogen-bond acceptors (Lipinski definition) is 7. The maximum Gasteiger partial charge on any atom is 0.414 e. The fraction of sp³-hybridized carbons (Fsp3) is 0.312. The molecule has 10 heteroatoms. The molecular weight excluding hydrogens is 558 g/mol. The predicted octanol–water partition coefficient (Wildman–Crippen LogP) is 7.38. The molecule has 0 radical (unpaired) electrons. The van der Waals surface area contributed by atoms with Gasteiger partial charge < -0.3 is 14.2 Å². The zero-order valence-electron chi connectivity index (χ0n) is 24.6. The molecule has 3 aromatic carbocycles. The summed E-state index contributed by atoms with van der Waals surface area (Å²) < 4.78 is 16.0. The van der Waals surface area contributed by atoms with Crippen molar-refractivity contribution in [2.45, 2.75) is 65.6 Å². The number of nitrogens with zero attached hydrogens (tertiary/aromatic N) is 1. The van der Waals surface area contributed by atoms with Crippen molar-refractivity contribution >= 4 is 41.4 Å². The van der Waals surface area contributed by atoms with Gasteiger partial charge >= 0.3 is 18.2 Å².